The maximum Gasteiger partial charge on any atom is 0.191 e. The quantitative estimate of drug-likeness (QED) is 0.412. The van der Waals surface area contributed by atoms with E-state index in [-0.39, 0.29) is 5.82 Å². The molecule has 3 nitrogen and oxygen atoms in total. The molecule has 0 radical (unpaired) electrons. The summed E-state index contributed by atoms with van der Waals surface area (Å²) in [7, 11) is 0. The molecule has 0 amide bonds. The van der Waals surface area contributed by atoms with E-state index < -0.39 is 0 Å². The summed E-state index contributed by atoms with van der Waals surface area (Å²) < 4.78 is 14.0. The van der Waals surface area contributed by atoms with Crippen molar-refractivity contribution in [2.24, 2.45) is 4.99 Å². The summed E-state index contributed by atoms with van der Waals surface area (Å²) in [6, 6.07) is 4.84. The molecule has 6 heteroatoms. The highest BCUT2D eigenvalue weighted by Crippen LogP contribution is 2.15. The lowest BCUT2D eigenvalue weighted by atomic mass is 10.2. The third kappa shape index (κ3) is 8.31. The third-order valence-corrected chi connectivity index (χ3v) is 3.91. The molecule has 1 aromatic carbocycles. The van der Waals surface area contributed by atoms with Gasteiger partial charge < -0.3 is 10.6 Å². The first-order valence-corrected chi connectivity index (χ1v) is 9.30. The van der Waals surface area contributed by atoms with Crippen LogP contribution in [0.4, 0.5) is 4.39 Å². The second-order valence-electron chi connectivity index (χ2n) is 4.60. The van der Waals surface area contributed by atoms with E-state index in [1.54, 1.807) is 0 Å². The van der Waals surface area contributed by atoms with Gasteiger partial charge in [0.1, 0.15) is 5.82 Å². The van der Waals surface area contributed by atoms with Crippen LogP contribution in [0, 0.1) is 5.82 Å². The molecule has 118 valence electrons. The normalized spacial score (nSPS) is 11.5. The van der Waals surface area contributed by atoms with Crippen LogP contribution < -0.4 is 10.6 Å². The van der Waals surface area contributed by atoms with Crippen molar-refractivity contribution in [1.29, 1.82) is 0 Å². The molecule has 2 N–H and O–H groups in total. The Morgan fingerprint density at radius 1 is 1.29 bits per heavy atom. The Kier molecular flexibility index (Phi) is 9.50. The number of nitrogens with one attached hydrogen (secondary N) is 2. The molecule has 0 aliphatic carbocycles. The van der Waals surface area contributed by atoms with E-state index in [1.165, 1.54) is 24.3 Å². The lowest BCUT2D eigenvalue weighted by Crippen LogP contribution is -2.37. The number of aliphatic imine (C=N–C) groups is 1. The van der Waals surface area contributed by atoms with Crippen LogP contribution in [0.2, 0.25) is 0 Å². The van der Waals surface area contributed by atoms with Gasteiger partial charge in [-0.1, -0.05) is 15.9 Å². The number of hydrogen-bond donors (Lipinski definition) is 2. The molecule has 1 rings (SSSR count). The fourth-order valence-electron chi connectivity index (χ4n) is 1.79. The van der Waals surface area contributed by atoms with Gasteiger partial charge in [-0.25, -0.2) is 9.38 Å². The van der Waals surface area contributed by atoms with E-state index in [9.17, 15) is 4.39 Å². The zero-order valence-corrected chi connectivity index (χ0v) is 15.0. The molecule has 1 aromatic rings. The van der Waals surface area contributed by atoms with Crippen molar-refractivity contribution in [2.45, 2.75) is 26.3 Å². The molecule has 0 fully saturated rings. The van der Waals surface area contributed by atoms with Gasteiger partial charge in [0.2, 0.25) is 0 Å². The van der Waals surface area contributed by atoms with E-state index in [1.807, 2.05) is 24.8 Å². The summed E-state index contributed by atoms with van der Waals surface area (Å²) >= 11 is 5.16. The Labute approximate surface area is 139 Å². The number of benzene rings is 1. The first-order chi connectivity index (χ1) is 10.2. The van der Waals surface area contributed by atoms with Crippen molar-refractivity contribution >= 4 is 33.7 Å². The highest BCUT2D eigenvalue weighted by atomic mass is 79.9. The zero-order chi connectivity index (χ0) is 15.5. The standard InChI is InChI=1S/C15H23BrFN3S/c1-3-18-15(19-6-4-5-7-21-2)20-11-12-8-13(16)10-14(17)9-12/h8-10H,3-7,11H2,1-2H3,(H2,18,19,20). The van der Waals surface area contributed by atoms with Crippen molar-refractivity contribution in [3.63, 3.8) is 0 Å². The predicted octanol–water partition coefficient (Wildman–Crippen LogP) is 3.79. The Bertz CT molecular complexity index is 434. The van der Waals surface area contributed by atoms with Crippen molar-refractivity contribution in [1.82, 2.24) is 10.6 Å². The second kappa shape index (κ2) is 10.9. The number of hydrogen-bond acceptors (Lipinski definition) is 2. The number of nitrogens with zero attached hydrogens (tertiary/aromatic N) is 1. The number of halogens is 2. The van der Waals surface area contributed by atoms with Crippen molar-refractivity contribution in [3.8, 4) is 0 Å². The highest BCUT2D eigenvalue weighted by molar-refractivity contribution is 9.10. The number of rotatable bonds is 8. The van der Waals surface area contributed by atoms with Crippen LogP contribution in [0.15, 0.2) is 27.7 Å². The van der Waals surface area contributed by atoms with Gasteiger partial charge in [0.15, 0.2) is 5.96 Å². The molecule has 0 aliphatic rings. The monoisotopic (exact) mass is 375 g/mol. The molecule has 0 atom stereocenters. The second-order valence-corrected chi connectivity index (χ2v) is 6.50. The summed E-state index contributed by atoms with van der Waals surface area (Å²) in [4.78, 5) is 4.49. The minimum absolute atomic E-state index is 0.246. The van der Waals surface area contributed by atoms with Crippen molar-refractivity contribution in [3.05, 3.63) is 34.1 Å². The van der Waals surface area contributed by atoms with Crippen molar-refractivity contribution in [2.75, 3.05) is 25.1 Å². The zero-order valence-electron chi connectivity index (χ0n) is 12.6. The predicted molar refractivity (Wildman–Crippen MR) is 94.5 cm³/mol. The first kappa shape index (κ1) is 18.3. The van der Waals surface area contributed by atoms with Gasteiger partial charge in [0, 0.05) is 17.6 Å². The van der Waals surface area contributed by atoms with E-state index in [0.29, 0.717) is 6.54 Å². The maximum atomic E-state index is 13.3. The number of thioether (sulfide) groups is 1. The van der Waals surface area contributed by atoms with E-state index in [0.717, 1.165) is 35.5 Å². The summed E-state index contributed by atoms with van der Waals surface area (Å²) in [5, 5.41) is 6.50. The molecule has 21 heavy (non-hydrogen) atoms. The van der Waals surface area contributed by atoms with E-state index in [4.69, 9.17) is 0 Å². The Hall–Kier alpha value is -0.750. The van der Waals surface area contributed by atoms with Crippen LogP contribution in [-0.2, 0) is 6.54 Å². The molecule has 0 unspecified atom stereocenters. The molecule has 0 saturated heterocycles. The summed E-state index contributed by atoms with van der Waals surface area (Å²) in [6.45, 7) is 4.20. The average molecular weight is 376 g/mol. The largest absolute Gasteiger partial charge is 0.357 e. The van der Waals surface area contributed by atoms with Gasteiger partial charge in [-0.2, -0.15) is 11.8 Å². The van der Waals surface area contributed by atoms with Crippen LogP contribution in [-0.4, -0.2) is 31.1 Å². The van der Waals surface area contributed by atoms with Gasteiger partial charge in [-0.3, -0.25) is 0 Å². The Morgan fingerprint density at radius 3 is 2.76 bits per heavy atom. The molecular weight excluding hydrogens is 353 g/mol. The summed E-state index contributed by atoms with van der Waals surface area (Å²) in [5.41, 5.74) is 0.849. The SMILES string of the molecule is CCNC(=NCc1cc(F)cc(Br)c1)NCCCCSC. The Morgan fingerprint density at radius 2 is 2.10 bits per heavy atom. The number of unbranched alkanes of at least 4 members (excludes halogenated alkanes) is 1. The van der Waals surface area contributed by atoms with E-state index in [2.05, 4.69) is 37.8 Å². The fraction of sp³-hybridized carbons (Fsp3) is 0.533. The van der Waals surface area contributed by atoms with Crippen LogP contribution in [0.3, 0.4) is 0 Å². The smallest absolute Gasteiger partial charge is 0.191 e. The molecule has 0 aliphatic heterocycles. The molecule has 0 heterocycles. The molecular formula is C15H23BrFN3S. The summed E-state index contributed by atoms with van der Waals surface area (Å²) in [5.74, 6) is 1.72. The fourth-order valence-corrected chi connectivity index (χ4v) is 2.80. The minimum atomic E-state index is -0.246. The molecule has 0 aromatic heterocycles. The summed E-state index contributed by atoms with van der Waals surface area (Å²) in [6.07, 6.45) is 4.44. The van der Waals surface area contributed by atoms with Crippen molar-refractivity contribution < 1.29 is 4.39 Å². The van der Waals surface area contributed by atoms with Gasteiger partial charge in [0.25, 0.3) is 0 Å². The topological polar surface area (TPSA) is 36.4 Å². The van der Waals surface area contributed by atoms with Crippen LogP contribution >= 0.6 is 27.7 Å². The molecule has 0 saturated carbocycles. The van der Waals surface area contributed by atoms with Crippen LogP contribution in [0.25, 0.3) is 0 Å². The van der Waals surface area contributed by atoms with Crippen LogP contribution in [0.5, 0.6) is 0 Å². The lowest BCUT2D eigenvalue weighted by molar-refractivity contribution is 0.624. The number of guanidine groups is 1. The highest BCUT2D eigenvalue weighted by Gasteiger charge is 2.00. The van der Waals surface area contributed by atoms with Gasteiger partial charge >= 0.3 is 0 Å². The maximum absolute atomic E-state index is 13.3. The lowest BCUT2D eigenvalue weighted by Gasteiger charge is -2.11. The third-order valence-electron chi connectivity index (χ3n) is 2.75. The van der Waals surface area contributed by atoms with Crippen LogP contribution in [0.1, 0.15) is 25.3 Å². The minimum Gasteiger partial charge on any atom is -0.357 e. The average Bonchev–Trinajstić information content (AvgIpc) is 2.43. The van der Waals surface area contributed by atoms with Gasteiger partial charge in [0.05, 0.1) is 6.54 Å². The molecule has 0 bridgehead atoms. The molecule has 0 spiro atoms. The first-order valence-electron chi connectivity index (χ1n) is 7.11. The van der Waals surface area contributed by atoms with Gasteiger partial charge in [-0.05, 0) is 55.5 Å². The van der Waals surface area contributed by atoms with Gasteiger partial charge in [-0.15, -0.1) is 0 Å². The Balaban J connectivity index is 2.50. The van der Waals surface area contributed by atoms with E-state index >= 15 is 0 Å².